The molecule has 1 aliphatic heterocycles. The molecule has 0 aliphatic carbocycles. The zero-order valence-electron chi connectivity index (χ0n) is 15.8. The molecule has 2 heterocycles. The number of carbonyl (C=O) groups is 1. The maximum Gasteiger partial charge on any atom is 0.276 e. The third-order valence-electron chi connectivity index (χ3n) is 4.38. The van der Waals surface area contributed by atoms with Gasteiger partial charge in [0.25, 0.3) is 5.91 Å². The molecular formula is C19H26Cl2N4O3. The second-order valence-corrected chi connectivity index (χ2v) is 6.70. The number of carbonyl (C=O) groups excluding carboxylic acids is 1. The Balaban J connectivity index is 0.00000280. The molecule has 0 radical (unpaired) electrons. The van der Waals surface area contributed by atoms with E-state index in [1.165, 1.54) is 0 Å². The van der Waals surface area contributed by atoms with E-state index in [1.54, 1.807) is 24.3 Å². The smallest absolute Gasteiger partial charge is 0.276 e. The molecule has 1 unspecified atom stereocenters. The van der Waals surface area contributed by atoms with Crippen LogP contribution in [-0.2, 0) is 4.74 Å². The molecule has 7 nitrogen and oxygen atoms in total. The van der Waals surface area contributed by atoms with Crippen LogP contribution in [0.25, 0.3) is 0 Å². The number of hydrogen-bond acceptors (Lipinski definition) is 5. The van der Waals surface area contributed by atoms with E-state index >= 15 is 0 Å². The van der Waals surface area contributed by atoms with Crippen molar-refractivity contribution in [3.8, 4) is 5.75 Å². The summed E-state index contributed by atoms with van der Waals surface area (Å²) in [7, 11) is 0. The lowest BCUT2D eigenvalue weighted by Gasteiger charge is -2.22. The van der Waals surface area contributed by atoms with Crippen molar-refractivity contribution < 1.29 is 14.3 Å². The molecule has 0 spiro atoms. The van der Waals surface area contributed by atoms with E-state index < -0.39 is 0 Å². The van der Waals surface area contributed by atoms with Crippen LogP contribution in [0.1, 0.15) is 36.3 Å². The van der Waals surface area contributed by atoms with Gasteiger partial charge in [-0.2, -0.15) is 5.10 Å². The van der Waals surface area contributed by atoms with Crippen LogP contribution in [-0.4, -0.2) is 48.6 Å². The average molecular weight is 429 g/mol. The van der Waals surface area contributed by atoms with Crippen molar-refractivity contribution in [2.75, 3.05) is 38.2 Å². The van der Waals surface area contributed by atoms with Crippen LogP contribution >= 0.6 is 24.0 Å². The van der Waals surface area contributed by atoms with Gasteiger partial charge in [-0.05, 0) is 44.5 Å². The lowest BCUT2D eigenvalue weighted by atomic mass is 10.1. The Hall–Kier alpha value is -1.80. The van der Waals surface area contributed by atoms with Gasteiger partial charge in [0.05, 0.1) is 23.4 Å². The Morgan fingerprint density at radius 1 is 1.39 bits per heavy atom. The van der Waals surface area contributed by atoms with E-state index in [1.807, 2.05) is 17.8 Å². The molecule has 1 fully saturated rings. The summed E-state index contributed by atoms with van der Waals surface area (Å²) < 4.78 is 12.8. The fourth-order valence-corrected chi connectivity index (χ4v) is 3.24. The predicted molar refractivity (Wildman–Crippen MR) is 112 cm³/mol. The van der Waals surface area contributed by atoms with Crippen LogP contribution in [0.15, 0.2) is 30.5 Å². The molecule has 1 aromatic carbocycles. The molecule has 9 heteroatoms. The zero-order chi connectivity index (χ0) is 19.1. The number of rotatable bonds is 8. The third-order valence-corrected chi connectivity index (χ3v) is 4.68. The molecule has 28 heavy (non-hydrogen) atoms. The first-order valence-corrected chi connectivity index (χ1v) is 9.63. The molecule has 1 atom stereocenters. The minimum absolute atomic E-state index is 0. The second kappa shape index (κ2) is 11.3. The van der Waals surface area contributed by atoms with Crippen LogP contribution in [0.3, 0.4) is 0 Å². The summed E-state index contributed by atoms with van der Waals surface area (Å²) in [5, 5.41) is 11.1. The minimum atomic E-state index is -0.297. The van der Waals surface area contributed by atoms with Gasteiger partial charge in [-0.3, -0.25) is 9.48 Å². The first-order chi connectivity index (χ1) is 13.2. The zero-order valence-corrected chi connectivity index (χ0v) is 17.4. The van der Waals surface area contributed by atoms with E-state index in [0.29, 0.717) is 42.0 Å². The number of nitrogens with zero attached hydrogens (tertiary/aromatic N) is 2. The molecule has 0 bridgehead atoms. The monoisotopic (exact) mass is 428 g/mol. The molecule has 0 saturated carbocycles. The Bertz CT molecular complexity index is 763. The largest absolute Gasteiger partial charge is 0.487 e. The van der Waals surface area contributed by atoms with E-state index in [0.717, 1.165) is 25.9 Å². The summed E-state index contributed by atoms with van der Waals surface area (Å²) >= 11 is 6.23. The standard InChI is InChI=1S/C19H25ClN4O3.ClH/c1-2-26-11-12-27-18-15(20)6-3-7-16(18)22-19(25)17-8-10-24(23-17)14-5-4-9-21-13-14;/h3,6-8,10,14,21H,2,4-5,9,11-13H2,1H3,(H,22,25);1H. The number of ether oxygens (including phenoxy) is 2. The summed E-state index contributed by atoms with van der Waals surface area (Å²) in [6.45, 7) is 5.25. The normalized spacial score (nSPS) is 16.3. The number of aromatic nitrogens is 2. The molecule has 1 aromatic heterocycles. The fraction of sp³-hybridized carbons (Fsp3) is 0.474. The quantitative estimate of drug-likeness (QED) is 0.628. The van der Waals surface area contributed by atoms with Crippen LogP contribution in [0.2, 0.25) is 5.02 Å². The highest BCUT2D eigenvalue weighted by Gasteiger charge is 2.19. The number of benzene rings is 1. The van der Waals surface area contributed by atoms with Gasteiger partial charge >= 0.3 is 0 Å². The lowest BCUT2D eigenvalue weighted by molar-refractivity contribution is 0.101. The van der Waals surface area contributed by atoms with E-state index in [4.69, 9.17) is 21.1 Å². The van der Waals surface area contributed by atoms with Gasteiger partial charge < -0.3 is 20.1 Å². The molecule has 154 valence electrons. The van der Waals surface area contributed by atoms with E-state index in [9.17, 15) is 4.79 Å². The molecule has 1 saturated heterocycles. The lowest BCUT2D eigenvalue weighted by Crippen LogP contribution is -2.32. The summed E-state index contributed by atoms with van der Waals surface area (Å²) in [5.41, 5.74) is 0.874. The summed E-state index contributed by atoms with van der Waals surface area (Å²) in [6.07, 6.45) is 4.02. The molecule has 1 amide bonds. The van der Waals surface area contributed by atoms with Gasteiger partial charge in [-0.15, -0.1) is 12.4 Å². The Labute approximate surface area is 176 Å². The summed E-state index contributed by atoms with van der Waals surface area (Å²) in [4.78, 5) is 12.6. The molecule has 2 N–H and O–H groups in total. The van der Waals surface area contributed by atoms with Crippen molar-refractivity contribution >= 4 is 35.6 Å². The van der Waals surface area contributed by atoms with Gasteiger partial charge in [-0.1, -0.05) is 17.7 Å². The highest BCUT2D eigenvalue weighted by atomic mass is 35.5. The van der Waals surface area contributed by atoms with Crippen LogP contribution in [0, 0.1) is 0 Å². The minimum Gasteiger partial charge on any atom is -0.487 e. The molecule has 2 aromatic rings. The SMILES string of the molecule is CCOCCOc1c(Cl)cccc1NC(=O)c1ccn(C2CCCNC2)n1.Cl. The number of para-hydroxylation sites is 1. The van der Waals surface area contributed by atoms with Gasteiger partial charge in [-0.25, -0.2) is 0 Å². The highest BCUT2D eigenvalue weighted by molar-refractivity contribution is 6.32. The predicted octanol–water partition coefficient (Wildman–Crippen LogP) is 3.55. The molecule has 1 aliphatic rings. The number of anilines is 1. The second-order valence-electron chi connectivity index (χ2n) is 6.30. The van der Waals surface area contributed by atoms with Crippen LogP contribution < -0.4 is 15.4 Å². The van der Waals surface area contributed by atoms with E-state index in [2.05, 4.69) is 15.7 Å². The van der Waals surface area contributed by atoms with E-state index in [-0.39, 0.29) is 24.4 Å². The maximum absolute atomic E-state index is 12.6. The summed E-state index contributed by atoms with van der Waals surface area (Å²) in [5.74, 6) is 0.137. The van der Waals surface area contributed by atoms with Crippen molar-refractivity contribution in [2.24, 2.45) is 0 Å². The number of hydrogen-bond donors (Lipinski definition) is 2. The molecular weight excluding hydrogens is 403 g/mol. The van der Waals surface area contributed by atoms with Crippen molar-refractivity contribution in [3.05, 3.63) is 41.2 Å². The molecule has 3 rings (SSSR count). The summed E-state index contributed by atoms with van der Waals surface area (Å²) in [6, 6.07) is 7.24. The van der Waals surface area contributed by atoms with Crippen LogP contribution in [0.4, 0.5) is 5.69 Å². The van der Waals surface area contributed by atoms with Crippen molar-refractivity contribution in [2.45, 2.75) is 25.8 Å². The third kappa shape index (κ3) is 5.85. The first-order valence-electron chi connectivity index (χ1n) is 9.25. The first kappa shape index (κ1) is 22.5. The number of halogens is 2. The Morgan fingerprint density at radius 2 is 2.25 bits per heavy atom. The van der Waals surface area contributed by atoms with Crippen LogP contribution in [0.5, 0.6) is 5.75 Å². The maximum atomic E-state index is 12.6. The number of amides is 1. The van der Waals surface area contributed by atoms with Gasteiger partial charge in [0.1, 0.15) is 6.61 Å². The topological polar surface area (TPSA) is 77.4 Å². The average Bonchev–Trinajstić information content (AvgIpc) is 3.18. The van der Waals surface area contributed by atoms with Gasteiger partial charge in [0.2, 0.25) is 0 Å². The van der Waals surface area contributed by atoms with Crippen molar-refractivity contribution in [3.63, 3.8) is 0 Å². The number of nitrogens with one attached hydrogen (secondary N) is 2. The fourth-order valence-electron chi connectivity index (χ4n) is 3.01. The van der Waals surface area contributed by atoms with Crippen molar-refractivity contribution in [1.82, 2.24) is 15.1 Å². The number of piperidine rings is 1. The van der Waals surface area contributed by atoms with Gasteiger partial charge in [0.15, 0.2) is 11.4 Å². The Morgan fingerprint density at radius 3 is 3.00 bits per heavy atom. The van der Waals surface area contributed by atoms with Gasteiger partial charge in [0, 0.05) is 19.3 Å². The Kier molecular flexibility index (Phi) is 9.05. The van der Waals surface area contributed by atoms with Crippen molar-refractivity contribution in [1.29, 1.82) is 0 Å². The highest BCUT2D eigenvalue weighted by Crippen LogP contribution is 2.33.